The van der Waals surface area contributed by atoms with Gasteiger partial charge < -0.3 is 4.74 Å². The third-order valence-electron chi connectivity index (χ3n) is 3.80. The minimum atomic E-state index is 0.447. The Morgan fingerprint density at radius 3 is 2.44 bits per heavy atom. The molecule has 0 aliphatic heterocycles. The van der Waals surface area contributed by atoms with Gasteiger partial charge in [0.05, 0.1) is 19.0 Å². The smallest absolute Gasteiger partial charge is 0.179 e. The first-order chi connectivity index (χ1) is 12.2. The molecule has 0 atom stereocenters. The van der Waals surface area contributed by atoms with Gasteiger partial charge in [-0.1, -0.05) is 24.3 Å². The summed E-state index contributed by atoms with van der Waals surface area (Å²) in [6, 6.07) is 14.1. The van der Waals surface area contributed by atoms with Crippen molar-refractivity contribution >= 4 is 18.2 Å². The van der Waals surface area contributed by atoms with Crippen molar-refractivity contribution < 1.29 is 4.74 Å². The molecule has 3 aromatic rings. The summed E-state index contributed by atoms with van der Waals surface area (Å²) in [5.74, 6) is 1.28. The first-order valence-electron chi connectivity index (χ1n) is 7.78. The Morgan fingerprint density at radius 2 is 1.80 bits per heavy atom. The normalized spacial score (nSPS) is 11.2. The number of methoxy groups -OCH3 is 1. The van der Waals surface area contributed by atoms with Gasteiger partial charge in [-0.2, -0.15) is 0 Å². The number of rotatable bonds is 4. The maximum atomic E-state index is 5.21. The van der Waals surface area contributed by atoms with Crippen LogP contribution in [0.3, 0.4) is 0 Å². The fourth-order valence-corrected chi connectivity index (χ4v) is 2.40. The van der Waals surface area contributed by atoms with E-state index in [1.165, 1.54) is 0 Å². The summed E-state index contributed by atoms with van der Waals surface area (Å²) in [6.45, 7) is 5.61. The van der Waals surface area contributed by atoms with Gasteiger partial charge in [0.1, 0.15) is 11.4 Å². The Morgan fingerprint density at radius 1 is 1.04 bits per heavy atom. The monoisotopic (exact) mass is 330 g/mol. The zero-order valence-corrected chi connectivity index (χ0v) is 14.2. The van der Waals surface area contributed by atoms with Crippen LogP contribution in [0.15, 0.2) is 71.0 Å². The molecular weight excluding hydrogens is 312 g/mol. The number of ether oxygens (including phenoxy) is 1. The summed E-state index contributed by atoms with van der Waals surface area (Å²) < 4.78 is 5.21. The van der Waals surface area contributed by atoms with Crippen LogP contribution in [-0.2, 0) is 0 Å². The fourth-order valence-electron chi connectivity index (χ4n) is 2.40. The second-order valence-electron chi connectivity index (χ2n) is 5.41. The summed E-state index contributed by atoms with van der Waals surface area (Å²) in [6.07, 6.45) is 4.84. The molecule has 0 fully saturated rings. The SMILES string of the molecule is C=NC(=Nc1cc(-c2ccc(OC)cc2)ccc1C)c1cnccn1. The molecule has 0 N–H and O–H groups in total. The number of hydrogen-bond acceptors (Lipinski definition) is 4. The van der Waals surface area contributed by atoms with Crippen LogP contribution in [-0.4, -0.2) is 29.6 Å². The molecule has 25 heavy (non-hydrogen) atoms. The first-order valence-corrected chi connectivity index (χ1v) is 7.78. The molecule has 5 nitrogen and oxygen atoms in total. The van der Waals surface area contributed by atoms with Gasteiger partial charge in [-0.05, 0) is 48.5 Å². The second-order valence-corrected chi connectivity index (χ2v) is 5.41. The number of aliphatic imine (C=N–C) groups is 2. The molecule has 124 valence electrons. The van der Waals surface area contributed by atoms with E-state index in [0.29, 0.717) is 11.5 Å². The molecule has 0 spiro atoms. The number of amidine groups is 1. The zero-order valence-electron chi connectivity index (χ0n) is 14.2. The molecule has 0 aliphatic carbocycles. The lowest BCUT2D eigenvalue weighted by Crippen LogP contribution is -2.00. The fraction of sp³-hybridized carbons (Fsp3) is 0.100. The Kier molecular flexibility index (Phi) is 4.95. The number of benzene rings is 2. The van der Waals surface area contributed by atoms with E-state index in [2.05, 4.69) is 32.7 Å². The van der Waals surface area contributed by atoms with Crippen LogP contribution in [0.1, 0.15) is 11.3 Å². The molecule has 5 heteroatoms. The van der Waals surface area contributed by atoms with Crippen LogP contribution < -0.4 is 4.74 Å². The van der Waals surface area contributed by atoms with E-state index < -0.39 is 0 Å². The van der Waals surface area contributed by atoms with E-state index in [9.17, 15) is 0 Å². The van der Waals surface area contributed by atoms with Gasteiger partial charge in [-0.15, -0.1) is 0 Å². The van der Waals surface area contributed by atoms with Crippen molar-refractivity contribution in [1.82, 2.24) is 9.97 Å². The van der Waals surface area contributed by atoms with Gasteiger partial charge >= 0.3 is 0 Å². The topological polar surface area (TPSA) is 59.7 Å². The molecule has 3 rings (SSSR count). The average Bonchev–Trinajstić information content (AvgIpc) is 2.68. The lowest BCUT2D eigenvalue weighted by atomic mass is 10.0. The lowest BCUT2D eigenvalue weighted by molar-refractivity contribution is 0.415. The molecule has 2 aromatic carbocycles. The molecule has 0 bridgehead atoms. The third-order valence-corrected chi connectivity index (χ3v) is 3.80. The van der Waals surface area contributed by atoms with Crippen molar-refractivity contribution in [3.05, 3.63) is 72.3 Å². The highest BCUT2D eigenvalue weighted by molar-refractivity contribution is 6.01. The van der Waals surface area contributed by atoms with Gasteiger partial charge in [-0.25, -0.2) is 15.0 Å². The number of nitrogens with zero attached hydrogens (tertiary/aromatic N) is 4. The standard InChI is InChI=1S/C20H18N4O/c1-14-4-5-16(15-6-8-17(25-3)9-7-15)12-18(14)24-20(21-2)19-13-22-10-11-23-19/h4-13H,2H2,1,3H3. The van der Waals surface area contributed by atoms with Crippen molar-refractivity contribution in [1.29, 1.82) is 0 Å². The van der Waals surface area contributed by atoms with Crippen molar-refractivity contribution in [2.45, 2.75) is 6.92 Å². The maximum absolute atomic E-state index is 5.21. The highest BCUT2D eigenvalue weighted by Crippen LogP contribution is 2.29. The molecule has 0 saturated heterocycles. The van der Waals surface area contributed by atoms with Gasteiger partial charge in [-0.3, -0.25) is 4.98 Å². The molecule has 0 amide bonds. The Hall–Kier alpha value is -3.34. The Bertz CT molecular complexity index is 903. The Labute approximate surface area is 146 Å². The predicted molar refractivity (Wildman–Crippen MR) is 101 cm³/mol. The van der Waals surface area contributed by atoms with E-state index in [0.717, 1.165) is 28.1 Å². The molecule has 0 aliphatic rings. The second kappa shape index (κ2) is 7.49. The number of hydrogen-bond donors (Lipinski definition) is 0. The lowest BCUT2D eigenvalue weighted by Gasteiger charge is -2.08. The van der Waals surface area contributed by atoms with Gasteiger partial charge in [0, 0.05) is 12.4 Å². The van der Waals surface area contributed by atoms with E-state index >= 15 is 0 Å². The number of aryl methyl sites for hydroxylation is 1. The molecule has 0 radical (unpaired) electrons. The van der Waals surface area contributed by atoms with E-state index in [-0.39, 0.29) is 0 Å². The van der Waals surface area contributed by atoms with Crippen LogP contribution >= 0.6 is 0 Å². The Balaban J connectivity index is 2.01. The molecule has 1 heterocycles. The summed E-state index contributed by atoms with van der Waals surface area (Å²) in [5.41, 5.74) is 4.61. The van der Waals surface area contributed by atoms with Crippen molar-refractivity contribution in [2.24, 2.45) is 9.98 Å². The summed E-state index contributed by atoms with van der Waals surface area (Å²) in [4.78, 5) is 16.9. The van der Waals surface area contributed by atoms with Crippen LogP contribution in [0.5, 0.6) is 5.75 Å². The van der Waals surface area contributed by atoms with Crippen molar-refractivity contribution in [2.75, 3.05) is 7.11 Å². The van der Waals surface area contributed by atoms with Crippen molar-refractivity contribution in [3.63, 3.8) is 0 Å². The van der Waals surface area contributed by atoms with E-state index in [1.807, 2.05) is 43.3 Å². The van der Waals surface area contributed by atoms with E-state index in [1.54, 1.807) is 25.7 Å². The van der Waals surface area contributed by atoms with Crippen molar-refractivity contribution in [3.8, 4) is 16.9 Å². The van der Waals surface area contributed by atoms with Gasteiger partial charge in [0.2, 0.25) is 0 Å². The quantitative estimate of drug-likeness (QED) is 0.531. The molecule has 0 saturated carbocycles. The van der Waals surface area contributed by atoms with Gasteiger partial charge in [0.25, 0.3) is 0 Å². The minimum absolute atomic E-state index is 0.447. The predicted octanol–water partition coefficient (Wildman–Crippen LogP) is 4.24. The average molecular weight is 330 g/mol. The van der Waals surface area contributed by atoms with E-state index in [4.69, 9.17) is 4.74 Å². The number of aromatic nitrogens is 2. The van der Waals surface area contributed by atoms with Gasteiger partial charge in [0.15, 0.2) is 5.84 Å². The summed E-state index contributed by atoms with van der Waals surface area (Å²) in [5, 5.41) is 0. The van der Waals surface area contributed by atoms with Crippen LogP contribution in [0.2, 0.25) is 0 Å². The molecule has 1 aromatic heterocycles. The first kappa shape index (κ1) is 16.5. The maximum Gasteiger partial charge on any atom is 0.179 e. The largest absolute Gasteiger partial charge is 0.497 e. The summed E-state index contributed by atoms with van der Waals surface area (Å²) in [7, 11) is 1.66. The van der Waals surface area contributed by atoms with Crippen LogP contribution in [0.25, 0.3) is 11.1 Å². The molecule has 0 unspecified atom stereocenters. The molecular formula is C20H18N4O. The zero-order chi connectivity index (χ0) is 17.6. The van der Waals surface area contributed by atoms with Crippen LogP contribution in [0, 0.1) is 6.92 Å². The highest BCUT2D eigenvalue weighted by atomic mass is 16.5. The highest BCUT2D eigenvalue weighted by Gasteiger charge is 2.07. The minimum Gasteiger partial charge on any atom is -0.497 e. The summed E-state index contributed by atoms with van der Waals surface area (Å²) >= 11 is 0. The van der Waals surface area contributed by atoms with Crippen LogP contribution in [0.4, 0.5) is 5.69 Å². The third kappa shape index (κ3) is 3.77.